The second kappa shape index (κ2) is 5.13. The molecule has 0 atom stereocenters. The zero-order valence-corrected chi connectivity index (χ0v) is 10.9. The zero-order valence-electron chi connectivity index (χ0n) is 10.9. The van der Waals surface area contributed by atoms with Gasteiger partial charge in [0.2, 0.25) is 5.89 Å². The van der Waals surface area contributed by atoms with Gasteiger partial charge in [0, 0.05) is 11.1 Å². The maximum atomic E-state index is 10.8. The molecule has 3 aromatic rings. The lowest BCUT2D eigenvalue weighted by atomic mass is 10.1. The molecule has 0 saturated heterocycles. The summed E-state index contributed by atoms with van der Waals surface area (Å²) in [5, 5.41) is 18.3. The van der Waals surface area contributed by atoms with Gasteiger partial charge in [0.05, 0.1) is 11.8 Å². The minimum absolute atomic E-state index is 0.149. The lowest BCUT2D eigenvalue weighted by Gasteiger charge is -1.98. The number of oxazole rings is 1. The molecule has 0 spiro atoms. The van der Waals surface area contributed by atoms with Crippen molar-refractivity contribution < 1.29 is 19.4 Å². The highest BCUT2D eigenvalue weighted by Gasteiger charge is 2.10. The van der Waals surface area contributed by atoms with Crippen LogP contribution < -0.4 is 0 Å². The van der Waals surface area contributed by atoms with Crippen molar-refractivity contribution in [1.82, 2.24) is 4.98 Å². The van der Waals surface area contributed by atoms with Gasteiger partial charge in [-0.25, -0.2) is 9.78 Å². The number of carboxylic acids is 1. The lowest BCUT2D eigenvalue weighted by Crippen LogP contribution is -1.94. The molecule has 2 aromatic carbocycles. The number of benzene rings is 2. The Bertz CT molecular complexity index is 790. The van der Waals surface area contributed by atoms with Crippen LogP contribution in [0.3, 0.4) is 0 Å². The summed E-state index contributed by atoms with van der Waals surface area (Å²) in [4.78, 5) is 15.0. The highest BCUT2D eigenvalue weighted by atomic mass is 16.4. The summed E-state index contributed by atoms with van der Waals surface area (Å²) >= 11 is 0. The van der Waals surface area contributed by atoms with E-state index >= 15 is 0 Å². The van der Waals surface area contributed by atoms with Gasteiger partial charge >= 0.3 is 5.97 Å². The van der Waals surface area contributed by atoms with Crippen LogP contribution in [0.4, 0.5) is 0 Å². The van der Waals surface area contributed by atoms with Crippen molar-refractivity contribution >= 4 is 5.97 Å². The Labute approximate surface area is 120 Å². The SMILES string of the molecule is O=C(O)c1ccc(-c2ncc(-c3cccc(O)c3)o2)cc1. The minimum atomic E-state index is -0.977. The third-order valence-corrected chi connectivity index (χ3v) is 3.02. The van der Waals surface area contributed by atoms with E-state index in [0.717, 1.165) is 5.56 Å². The van der Waals surface area contributed by atoms with E-state index in [-0.39, 0.29) is 11.3 Å². The number of phenols is 1. The molecule has 0 fully saturated rings. The van der Waals surface area contributed by atoms with Gasteiger partial charge in [0.1, 0.15) is 5.75 Å². The van der Waals surface area contributed by atoms with E-state index in [1.54, 1.807) is 42.6 Å². The number of phenolic OH excluding ortho intramolecular Hbond substituents is 1. The van der Waals surface area contributed by atoms with Crippen LogP contribution in [0, 0.1) is 0 Å². The van der Waals surface area contributed by atoms with E-state index in [4.69, 9.17) is 9.52 Å². The van der Waals surface area contributed by atoms with E-state index < -0.39 is 5.97 Å². The van der Waals surface area contributed by atoms with Crippen molar-refractivity contribution in [3.8, 4) is 28.5 Å². The molecule has 0 bridgehead atoms. The first kappa shape index (κ1) is 12.9. The maximum Gasteiger partial charge on any atom is 0.335 e. The molecule has 0 unspecified atom stereocenters. The number of aromatic nitrogens is 1. The topological polar surface area (TPSA) is 83.6 Å². The van der Waals surface area contributed by atoms with Crippen LogP contribution >= 0.6 is 0 Å². The zero-order chi connectivity index (χ0) is 14.8. The third kappa shape index (κ3) is 2.62. The molecule has 0 aliphatic rings. The Kier molecular flexibility index (Phi) is 3.16. The molecular weight excluding hydrogens is 270 g/mol. The average Bonchev–Trinajstić information content (AvgIpc) is 2.97. The standard InChI is InChI=1S/C16H11NO4/c18-13-3-1-2-12(8-13)14-9-17-15(21-14)10-4-6-11(7-5-10)16(19)20/h1-9,18H,(H,19,20). The first-order chi connectivity index (χ1) is 10.1. The molecule has 0 aliphatic carbocycles. The predicted molar refractivity (Wildman–Crippen MR) is 76.0 cm³/mol. The summed E-state index contributed by atoms with van der Waals surface area (Å²) in [5.74, 6) is 0.0964. The van der Waals surface area contributed by atoms with E-state index in [1.165, 1.54) is 12.1 Å². The van der Waals surface area contributed by atoms with Crippen LogP contribution in [-0.4, -0.2) is 21.2 Å². The summed E-state index contributed by atoms with van der Waals surface area (Å²) in [6, 6.07) is 12.9. The van der Waals surface area contributed by atoms with Crippen molar-refractivity contribution in [2.24, 2.45) is 0 Å². The van der Waals surface area contributed by atoms with Crippen LogP contribution in [0.1, 0.15) is 10.4 Å². The fourth-order valence-electron chi connectivity index (χ4n) is 1.96. The summed E-state index contributed by atoms with van der Waals surface area (Å²) < 4.78 is 5.64. The first-order valence-corrected chi connectivity index (χ1v) is 6.22. The minimum Gasteiger partial charge on any atom is -0.508 e. The summed E-state index contributed by atoms with van der Waals surface area (Å²) in [7, 11) is 0. The summed E-state index contributed by atoms with van der Waals surface area (Å²) in [6.07, 6.45) is 1.56. The molecule has 3 rings (SSSR count). The smallest absolute Gasteiger partial charge is 0.335 e. The molecule has 0 aliphatic heterocycles. The molecule has 104 valence electrons. The number of hydrogen-bond acceptors (Lipinski definition) is 4. The normalized spacial score (nSPS) is 10.5. The van der Waals surface area contributed by atoms with Gasteiger partial charge in [-0.3, -0.25) is 0 Å². The molecular formula is C16H11NO4. The molecule has 0 saturated carbocycles. The number of carboxylic acid groups (broad SMARTS) is 1. The highest BCUT2D eigenvalue weighted by Crippen LogP contribution is 2.27. The quantitative estimate of drug-likeness (QED) is 0.768. The van der Waals surface area contributed by atoms with Gasteiger partial charge < -0.3 is 14.6 Å². The summed E-state index contributed by atoms with van der Waals surface area (Å²) in [6.45, 7) is 0. The van der Waals surface area contributed by atoms with Crippen molar-refractivity contribution in [1.29, 1.82) is 0 Å². The van der Waals surface area contributed by atoms with Gasteiger partial charge in [-0.2, -0.15) is 0 Å². The lowest BCUT2D eigenvalue weighted by molar-refractivity contribution is 0.0697. The van der Waals surface area contributed by atoms with Crippen LogP contribution in [0.2, 0.25) is 0 Å². The Morgan fingerprint density at radius 3 is 2.48 bits per heavy atom. The Balaban J connectivity index is 1.93. The summed E-state index contributed by atoms with van der Waals surface area (Å²) in [5.41, 5.74) is 1.61. The van der Waals surface area contributed by atoms with Gasteiger partial charge in [0.25, 0.3) is 0 Å². The number of aromatic carboxylic acids is 1. The Hall–Kier alpha value is -3.08. The second-order valence-electron chi connectivity index (χ2n) is 4.46. The van der Waals surface area contributed by atoms with E-state index in [1.807, 2.05) is 0 Å². The number of hydrogen-bond donors (Lipinski definition) is 2. The van der Waals surface area contributed by atoms with Gasteiger partial charge in [-0.05, 0) is 36.4 Å². The monoisotopic (exact) mass is 281 g/mol. The molecule has 1 heterocycles. The molecule has 21 heavy (non-hydrogen) atoms. The van der Waals surface area contributed by atoms with Crippen LogP contribution in [0.25, 0.3) is 22.8 Å². The van der Waals surface area contributed by atoms with Gasteiger partial charge in [-0.1, -0.05) is 12.1 Å². The van der Waals surface area contributed by atoms with Crippen molar-refractivity contribution in [3.05, 3.63) is 60.3 Å². The van der Waals surface area contributed by atoms with E-state index in [2.05, 4.69) is 4.98 Å². The molecule has 1 aromatic heterocycles. The number of nitrogens with zero attached hydrogens (tertiary/aromatic N) is 1. The first-order valence-electron chi connectivity index (χ1n) is 6.22. The number of rotatable bonds is 3. The molecule has 2 N–H and O–H groups in total. The van der Waals surface area contributed by atoms with Crippen LogP contribution in [0.15, 0.2) is 59.1 Å². The Morgan fingerprint density at radius 1 is 1.05 bits per heavy atom. The van der Waals surface area contributed by atoms with Crippen molar-refractivity contribution in [3.63, 3.8) is 0 Å². The molecule has 0 amide bonds. The number of aromatic hydroxyl groups is 1. The van der Waals surface area contributed by atoms with Gasteiger partial charge in [-0.15, -0.1) is 0 Å². The number of carbonyl (C=O) groups is 1. The molecule has 5 nitrogen and oxygen atoms in total. The molecule has 5 heteroatoms. The second-order valence-corrected chi connectivity index (χ2v) is 4.46. The van der Waals surface area contributed by atoms with Crippen LogP contribution in [0.5, 0.6) is 5.75 Å². The van der Waals surface area contributed by atoms with Crippen molar-refractivity contribution in [2.75, 3.05) is 0 Å². The maximum absolute atomic E-state index is 10.8. The molecule has 0 radical (unpaired) electrons. The third-order valence-electron chi connectivity index (χ3n) is 3.02. The highest BCUT2D eigenvalue weighted by molar-refractivity contribution is 5.88. The largest absolute Gasteiger partial charge is 0.508 e. The fraction of sp³-hybridized carbons (Fsp3) is 0. The van der Waals surface area contributed by atoms with E-state index in [0.29, 0.717) is 17.2 Å². The van der Waals surface area contributed by atoms with Crippen molar-refractivity contribution in [2.45, 2.75) is 0 Å². The Morgan fingerprint density at radius 2 is 1.81 bits per heavy atom. The van der Waals surface area contributed by atoms with Gasteiger partial charge in [0.15, 0.2) is 5.76 Å². The van der Waals surface area contributed by atoms with E-state index in [9.17, 15) is 9.90 Å². The van der Waals surface area contributed by atoms with Crippen LogP contribution in [-0.2, 0) is 0 Å². The fourth-order valence-corrected chi connectivity index (χ4v) is 1.96. The predicted octanol–water partition coefficient (Wildman–Crippen LogP) is 3.41. The average molecular weight is 281 g/mol.